The standard InChI is InChI=1S/C19H14F3N3O3/c20-19(21,22)28-14-7-4-12(5-8-14)17(15-3-1-2-10-23-15)25-18(27)13-6-9-16(26)24-11-13/h1-11,17H,(H,24,26)(H,25,27). The van der Waals surface area contributed by atoms with Gasteiger partial charge >= 0.3 is 6.36 Å². The molecule has 0 bridgehead atoms. The first-order valence-corrected chi connectivity index (χ1v) is 8.08. The SMILES string of the molecule is O=C(NC(c1ccc(OC(F)(F)F)cc1)c1ccccn1)c1ccc(=O)[nH]c1. The van der Waals surface area contributed by atoms with E-state index >= 15 is 0 Å². The third kappa shape index (κ3) is 4.97. The molecule has 0 aliphatic carbocycles. The number of carbonyl (C=O) groups excluding carboxylic acids is 1. The number of alkyl halides is 3. The molecule has 1 atom stereocenters. The lowest BCUT2D eigenvalue weighted by Crippen LogP contribution is -2.30. The fourth-order valence-corrected chi connectivity index (χ4v) is 2.50. The van der Waals surface area contributed by atoms with Gasteiger partial charge in [0.25, 0.3) is 5.91 Å². The minimum Gasteiger partial charge on any atom is -0.406 e. The maximum atomic E-state index is 12.5. The Labute approximate surface area is 157 Å². The van der Waals surface area contributed by atoms with E-state index in [-0.39, 0.29) is 16.9 Å². The minimum atomic E-state index is -4.79. The number of hydrogen-bond donors (Lipinski definition) is 2. The number of aromatic nitrogens is 2. The summed E-state index contributed by atoms with van der Waals surface area (Å²) in [5.41, 5.74) is 0.867. The predicted molar refractivity (Wildman–Crippen MR) is 93.7 cm³/mol. The zero-order valence-electron chi connectivity index (χ0n) is 14.2. The number of pyridine rings is 2. The third-order valence-electron chi connectivity index (χ3n) is 3.75. The van der Waals surface area contributed by atoms with Crippen LogP contribution in [-0.4, -0.2) is 22.2 Å². The molecule has 0 spiro atoms. The van der Waals surface area contributed by atoms with Crippen molar-refractivity contribution < 1.29 is 22.7 Å². The van der Waals surface area contributed by atoms with Crippen LogP contribution in [0, 0.1) is 0 Å². The summed E-state index contributed by atoms with van der Waals surface area (Å²) in [4.78, 5) is 30.3. The van der Waals surface area contributed by atoms with Crippen molar-refractivity contribution in [1.82, 2.24) is 15.3 Å². The van der Waals surface area contributed by atoms with Crippen LogP contribution in [-0.2, 0) is 0 Å². The lowest BCUT2D eigenvalue weighted by Gasteiger charge is -2.19. The second kappa shape index (κ2) is 7.95. The van der Waals surface area contributed by atoms with E-state index in [2.05, 4.69) is 20.0 Å². The van der Waals surface area contributed by atoms with E-state index in [1.165, 1.54) is 36.7 Å². The summed E-state index contributed by atoms with van der Waals surface area (Å²) in [5, 5.41) is 2.77. The Balaban J connectivity index is 1.88. The minimum absolute atomic E-state index is 0.220. The lowest BCUT2D eigenvalue weighted by molar-refractivity contribution is -0.274. The van der Waals surface area contributed by atoms with Gasteiger partial charge in [0.05, 0.1) is 17.3 Å². The Morgan fingerprint density at radius 2 is 1.82 bits per heavy atom. The molecule has 3 aromatic rings. The molecule has 0 saturated heterocycles. The van der Waals surface area contributed by atoms with Gasteiger partial charge in [-0.25, -0.2) is 0 Å². The lowest BCUT2D eigenvalue weighted by atomic mass is 10.0. The smallest absolute Gasteiger partial charge is 0.406 e. The summed E-state index contributed by atoms with van der Waals surface area (Å²) in [6.07, 6.45) is -1.98. The van der Waals surface area contributed by atoms with Crippen LogP contribution in [0.5, 0.6) is 5.75 Å². The first-order chi connectivity index (χ1) is 13.3. The predicted octanol–water partition coefficient (Wildman–Crippen LogP) is 3.19. The van der Waals surface area contributed by atoms with Gasteiger partial charge in [-0.2, -0.15) is 0 Å². The van der Waals surface area contributed by atoms with Gasteiger partial charge in [0.2, 0.25) is 5.56 Å². The Hall–Kier alpha value is -3.62. The van der Waals surface area contributed by atoms with Crippen LogP contribution < -0.4 is 15.6 Å². The van der Waals surface area contributed by atoms with Crippen LogP contribution in [0.3, 0.4) is 0 Å². The third-order valence-corrected chi connectivity index (χ3v) is 3.75. The Kier molecular flexibility index (Phi) is 5.44. The Morgan fingerprint density at radius 1 is 1.07 bits per heavy atom. The Morgan fingerprint density at radius 3 is 2.39 bits per heavy atom. The van der Waals surface area contributed by atoms with Crippen molar-refractivity contribution in [2.24, 2.45) is 0 Å². The van der Waals surface area contributed by atoms with Gasteiger partial charge in [-0.05, 0) is 35.9 Å². The van der Waals surface area contributed by atoms with Crippen molar-refractivity contribution in [2.45, 2.75) is 12.4 Å². The number of aromatic amines is 1. The molecular weight excluding hydrogens is 375 g/mol. The number of nitrogens with zero attached hydrogens (tertiary/aromatic N) is 1. The molecule has 1 aromatic carbocycles. The van der Waals surface area contributed by atoms with Crippen molar-refractivity contribution in [2.75, 3.05) is 0 Å². The number of benzene rings is 1. The average molecular weight is 389 g/mol. The second-order valence-electron chi connectivity index (χ2n) is 5.72. The van der Waals surface area contributed by atoms with Gasteiger partial charge in [-0.1, -0.05) is 18.2 Å². The molecule has 0 saturated carbocycles. The summed E-state index contributed by atoms with van der Waals surface area (Å²) in [7, 11) is 0. The summed E-state index contributed by atoms with van der Waals surface area (Å²) in [6.45, 7) is 0. The van der Waals surface area contributed by atoms with Gasteiger partial charge in [0.1, 0.15) is 5.75 Å². The number of H-pyrrole nitrogens is 1. The number of carbonyl (C=O) groups is 1. The van der Waals surface area contributed by atoms with Crippen molar-refractivity contribution in [3.8, 4) is 5.75 Å². The molecule has 9 heteroatoms. The molecular formula is C19H14F3N3O3. The van der Waals surface area contributed by atoms with Gasteiger partial charge in [-0.3, -0.25) is 14.6 Å². The fourth-order valence-electron chi connectivity index (χ4n) is 2.50. The zero-order valence-corrected chi connectivity index (χ0v) is 14.2. The highest BCUT2D eigenvalue weighted by Gasteiger charge is 2.31. The van der Waals surface area contributed by atoms with Gasteiger partial charge in [0, 0.05) is 18.5 Å². The van der Waals surface area contributed by atoms with Crippen molar-refractivity contribution in [1.29, 1.82) is 0 Å². The van der Waals surface area contributed by atoms with Crippen LogP contribution in [0.4, 0.5) is 13.2 Å². The van der Waals surface area contributed by atoms with Crippen molar-refractivity contribution >= 4 is 5.91 Å². The monoisotopic (exact) mass is 389 g/mol. The number of rotatable bonds is 5. The number of nitrogens with one attached hydrogen (secondary N) is 2. The zero-order chi connectivity index (χ0) is 20.1. The fraction of sp³-hybridized carbons (Fsp3) is 0.105. The molecule has 0 aliphatic rings. The number of ether oxygens (including phenoxy) is 1. The van der Waals surface area contributed by atoms with E-state index in [0.29, 0.717) is 11.3 Å². The van der Waals surface area contributed by atoms with Crippen LogP contribution in [0.15, 0.2) is 71.8 Å². The summed E-state index contributed by atoms with van der Waals surface area (Å²) in [6, 6.07) is 12.1. The summed E-state index contributed by atoms with van der Waals surface area (Å²) >= 11 is 0. The van der Waals surface area contributed by atoms with Crippen LogP contribution in [0.1, 0.15) is 27.7 Å². The average Bonchev–Trinajstić information content (AvgIpc) is 2.67. The number of halogens is 3. The second-order valence-corrected chi connectivity index (χ2v) is 5.72. The summed E-state index contributed by atoms with van der Waals surface area (Å²) < 4.78 is 40.9. The van der Waals surface area contributed by atoms with Crippen LogP contribution in [0.2, 0.25) is 0 Å². The highest BCUT2D eigenvalue weighted by molar-refractivity contribution is 5.94. The van der Waals surface area contributed by atoms with E-state index in [4.69, 9.17) is 0 Å². The largest absolute Gasteiger partial charge is 0.573 e. The van der Waals surface area contributed by atoms with Gasteiger partial charge < -0.3 is 15.0 Å². The molecule has 0 aliphatic heterocycles. The van der Waals surface area contributed by atoms with E-state index < -0.39 is 18.3 Å². The van der Waals surface area contributed by atoms with E-state index in [1.807, 2.05) is 0 Å². The number of amides is 1. The Bertz CT molecular complexity index is 982. The normalized spacial score (nSPS) is 12.2. The first-order valence-electron chi connectivity index (χ1n) is 8.08. The molecule has 2 heterocycles. The molecule has 28 heavy (non-hydrogen) atoms. The van der Waals surface area contributed by atoms with Gasteiger partial charge in [0.15, 0.2) is 0 Å². The van der Waals surface area contributed by atoms with E-state index in [0.717, 1.165) is 12.1 Å². The first kappa shape index (κ1) is 19.2. The molecule has 1 unspecified atom stereocenters. The van der Waals surface area contributed by atoms with Crippen molar-refractivity contribution in [3.63, 3.8) is 0 Å². The van der Waals surface area contributed by atoms with E-state index in [1.54, 1.807) is 18.2 Å². The maximum absolute atomic E-state index is 12.5. The molecule has 2 aromatic heterocycles. The van der Waals surface area contributed by atoms with E-state index in [9.17, 15) is 22.8 Å². The van der Waals surface area contributed by atoms with Gasteiger partial charge in [-0.15, -0.1) is 13.2 Å². The molecule has 144 valence electrons. The highest BCUT2D eigenvalue weighted by Crippen LogP contribution is 2.26. The quantitative estimate of drug-likeness (QED) is 0.702. The summed E-state index contributed by atoms with van der Waals surface area (Å²) in [5.74, 6) is -0.856. The maximum Gasteiger partial charge on any atom is 0.573 e. The molecule has 6 nitrogen and oxygen atoms in total. The molecule has 0 radical (unpaired) electrons. The van der Waals surface area contributed by atoms with Crippen LogP contribution >= 0.6 is 0 Å². The van der Waals surface area contributed by atoms with Crippen LogP contribution in [0.25, 0.3) is 0 Å². The number of hydrogen-bond acceptors (Lipinski definition) is 4. The topological polar surface area (TPSA) is 84.1 Å². The molecule has 3 rings (SSSR count). The highest BCUT2D eigenvalue weighted by atomic mass is 19.4. The molecule has 2 N–H and O–H groups in total. The van der Waals surface area contributed by atoms with Crippen molar-refractivity contribution in [3.05, 3.63) is 94.2 Å². The molecule has 1 amide bonds. The molecule has 0 fully saturated rings.